The minimum absolute atomic E-state index is 0.747. The van der Waals surface area contributed by atoms with Gasteiger partial charge in [-0.05, 0) is 31.0 Å². The van der Waals surface area contributed by atoms with Gasteiger partial charge in [-0.3, -0.25) is 4.98 Å². The van der Waals surface area contributed by atoms with Crippen LogP contribution in [-0.2, 0) is 5.75 Å². The van der Waals surface area contributed by atoms with E-state index < -0.39 is 0 Å². The summed E-state index contributed by atoms with van der Waals surface area (Å²) in [4.78, 5) is 4.11. The summed E-state index contributed by atoms with van der Waals surface area (Å²) in [6, 6.07) is 4.89. The molecule has 0 spiro atoms. The van der Waals surface area contributed by atoms with Crippen LogP contribution in [0.15, 0.2) is 24.5 Å². The fraction of sp³-hybridized carbons (Fsp3) is 0.545. The first kappa shape index (κ1) is 9.99. The molecule has 2 heterocycles. The zero-order valence-corrected chi connectivity index (χ0v) is 9.09. The Morgan fingerprint density at radius 2 is 2.57 bits per heavy atom. The molecule has 0 radical (unpaired) electrons. The summed E-state index contributed by atoms with van der Waals surface area (Å²) in [5.41, 5.74) is 1.33. The van der Waals surface area contributed by atoms with Gasteiger partial charge in [0.15, 0.2) is 0 Å². The van der Waals surface area contributed by atoms with Gasteiger partial charge in [-0.1, -0.05) is 6.07 Å². The highest BCUT2D eigenvalue weighted by Crippen LogP contribution is 2.16. The van der Waals surface area contributed by atoms with Crippen LogP contribution in [-0.4, -0.2) is 23.3 Å². The van der Waals surface area contributed by atoms with Gasteiger partial charge in [0, 0.05) is 29.9 Å². The molecule has 14 heavy (non-hydrogen) atoms. The molecule has 2 rings (SSSR count). The van der Waals surface area contributed by atoms with Gasteiger partial charge in [0.1, 0.15) is 0 Å². The third kappa shape index (κ3) is 3.00. The zero-order chi connectivity index (χ0) is 9.64. The number of nitrogens with zero attached hydrogens (tertiary/aromatic N) is 1. The molecule has 2 nitrogen and oxygen atoms in total. The fourth-order valence-electron chi connectivity index (χ4n) is 1.70. The predicted octanol–water partition coefficient (Wildman–Crippen LogP) is 2.07. The molecule has 1 N–H and O–H groups in total. The highest BCUT2D eigenvalue weighted by atomic mass is 32.2. The number of pyridine rings is 1. The average molecular weight is 208 g/mol. The number of hydrogen-bond donors (Lipinski definition) is 1. The Hall–Kier alpha value is -0.540. The van der Waals surface area contributed by atoms with E-state index in [1.807, 2.05) is 30.2 Å². The summed E-state index contributed by atoms with van der Waals surface area (Å²) in [6.07, 6.45) is 6.47. The highest BCUT2D eigenvalue weighted by Gasteiger charge is 2.13. The Kier molecular flexibility index (Phi) is 3.83. The lowest BCUT2D eigenvalue weighted by atomic mass is 10.3. The van der Waals surface area contributed by atoms with E-state index in [4.69, 9.17) is 0 Å². The molecule has 1 aliphatic rings. The number of aromatic nitrogens is 1. The number of hydrogen-bond acceptors (Lipinski definition) is 3. The molecule has 3 heteroatoms. The maximum atomic E-state index is 4.11. The molecular weight excluding hydrogens is 192 g/mol. The standard InChI is InChI=1S/C11H16N2S/c1-3-10(7-12-5-1)8-14-9-11-4-2-6-13-11/h1,3,5,7,11,13H,2,4,6,8-9H2/t11-/m0/s1. The maximum absolute atomic E-state index is 4.11. The second-order valence-electron chi connectivity index (χ2n) is 3.67. The van der Waals surface area contributed by atoms with Crippen LogP contribution in [0.5, 0.6) is 0 Å². The van der Waals surface area contributed by atoms with Gasteiger partial charge >= 0.3 is 0 Å². The summed E-state index contributed by atoms with van der Waals surface area (Å²) >= 11 is 2.00. The van der Waals surface area contributed by atoms with Gasteiger partial charge in [0.05, 0.1) is 0 Å². The minimum atomic E-state index is 0.747. The van der Waals surface area contributed by atoms with E-state index in [1.165, 1.54) is 30.7 Å². The summed E-state index contributed by atoms with van der Waals surface area (Å²) < 4.78 is 0. The van der Waals surface area contributed by atoms with Crippen molar-refractivity contribution in [2.45, 2.75) is 24.6 Å². The molecule has 1 aliphatic heterocycles. The second kappa shape index (κ2) is 5.37. The van der Waals surface area contributed by atoms with E-state index in [-0.39, 0.29) is 0 Å². The van der Waals surface area contributed by atoms with Crippen LogP contribution >= 0.6 is 11.8 Å². The molecular formula is C11H16N2S. The molecule has 0 bridgehead atoms. The average Bonchev–Trinajstić information content (AvgIpc) is 2.72. The van der Waals surface area contributed by atoms with Gasteiger partial charge in [0.25, 0.3) is 0 Å². The molecule has 0 aromatic carbocycles. The van der Waals surface area contributed by atoms with Crippen molar-refractivity contribution in [1.82, 2.24) is 10.3 Å². The maximum Gasteiger partial charge on any atom is 0.0308 e. The van der Waals surface area contributed by atoms with Crippen molar-refractivity contribution in [2.24, 2.45) is 0 Å². The molecule has 1 fully saturated rings. The fourth-order valence-corrected chi connectivity index (χ4v) is 2.79. The molecule has 1 atom stereocenters. The van der Waals surface area contributed by atoms with Crippen molar-refractivity contribution in [3.05, 3.63) is 30.1 Å². The molecule has 0 aliphatic carbocycles. The van der Waals surface area contributed by atoms with E-state index >= 15 is 0 Å². The Labute approximate surface area is 89.5 Å². The SMILES string of the molecule is c1cncc(CSC[C@@H]2CCCN2)c1. The number of rotatable bonds is 4. The van der Waals surface area contributed by atoms with Crippen molar-refractivity contribution in [2.75, 3.05) is 12.3 Å². The van der Waals surface area contributed by atoms with E-state index in [1.54, 1.807) is 0 Å². The zero-order valence-electron chi connectivity index (χ0n) is 8.28. The lowest BCUT2D eigenvalue weighted by Crippen LogP contribution is -2.23. The molecule has 1 saturated heterocycles. The van der Waals surface area contributed by atoms with Crippen molar-refractivity contribution in [1.29, 1.82) is 0 Å². The van der Waals surface area contributed by atoms with Gasteiger partial charge < -0.3 is 5.32 Å². The lowest BCUT2D eigenvalue weighted by Gasteiger charge is -2.08. The van der Waals surface area contributed by atoms with Crippen LogP contribution in [0.3, 0.4) is 0 Å². The largest absolute Gasteiger partial charge is 0.313 e. The monoisotopic (exact) mass is 208 g/mol. The van der Waals surface area contributed by atoms with Gasteiger partial charge in [-0.25, -0.2) is 0 Å². The van der Waals surface area contributed by atoms with Crippen molar-refractivity contribution >= 4 is 11.8 Å². The van der Waals surface area contributed by atoms with Crippen molar-refractivity contribution in [3.8, 4) is 0 Å². The van der Waals surface area contributed by atoms with Gasteiger partial charge in [-0.15, -0.1) is 0 Å². The third-order valence-corrected chi connectivity index (χ3v) is 3.65. The Morgan fingerprint density at radius 1 is 1.57 bits per heavy atom. The molecule has 0 amide bonds. The van der Waals surface area contributed by atoms with Crippen LogP contribution < -0.4 is 5.32 Å². The lowest BCUT2D eigenvalue weighted by molar-refractivity contribution is 0.674. The summed E-state index contributed by atoms with van der Waals surface area (Å²) in [5.74, 6) is 2.32. The molecule has 1 aromatic rings. The van der Waals surface area contributed by atoms with Gasteiger partial charge in [-0.2, -0.15) is 11.8 Å². The minimum Gasteiger partial charge on any atom is -0.313 e. The Balaban J connectivity index is 1.67. The first-order valence-electron chi connectivity index (χ1n) is 5.15. The highest BCUT2D eigenvalue weighted by molar-refractivity contribution is 7.98. The van der Waals surface area contributed by atoms with Crippen LogP contribution in [0.25, 0.3) is 0 Å². The summed E-state index contributed by atoms with van der Waals surface area (Å²) in [7, 11) is 0. The van der Waals surface area contributed by atoms with Crippen LogP contribution in [0.4, 0.5) is 0 Å². The molecule has 0 saturated carbocycles. The smallest absolute Gasteiger partial charge is 0.0308 e. The number of nitrogens with one attached hydrogen (secondary N) is 1. The van der Waals surface area contributed by atoms with Crippen LogP contribution in [0, 0.1) is 0 Å². The first-order chi connectivity index (χ1) is 6.95. The quantitative estimate of drug-likeness (QED) is 0.820. The predicted molar refractivity (Wildman–Crippen MR) is 61.4 cm³/mol. The Bertz CT molecular complexity index is 257. The van der Waals surface area contributed by atoms with Crippen molar-refractivity contribution < 1.29 is 0 Å². The van der Waals surface area contributed by atoms with E-state index in [0.29, 0.717) is 0 Å². The Morgan fingerprint density at radius 3 is 3.29 bits per heavy atom. The topological polar surface area (TPSA) is 24.9 Å². The summed E-state index contributed by atoms with van der Waals surface area (Å²) in [6.45, 7) is 1.21. The third-order valence-electron chi connectivity index (χ3n) is 2.47. The van der Waals surface area contributed by atoms with E-state index in [9.17, 15) is 0 Å². The normalized spacial score (nSPS) is 21.3. The second-order valence-corrected chi connectivity index (χ2v) is 4.70. The molecule has 76 valence electrons. The summed E-state index contributed by atoms with van der Waals surface area (Å²) in [5, 5.41) is 3.51. The molecule has 1 aromatic heterocycles. The van der Waals surface area contributed by atoms with E-state index in [2.05, 4.69) is 16.4 Å². The van der Waals surface area contributed by atoms with Crippen LogP contribution in [0.1, 0.15) is 18.4 Å². The van der Waals surface area contributed by atoms with Gasteiger partial charge in [0.2, 0.25) is 0 Å². The van der Waals surface area contributed by atoms with Crippen molar-refractivity contribution in [3.63, 3.8) is 0 Å². The number of thioether (sulfide) groups is 1. The molecule has 0 unspecified atom stereocenters. The van der Waals surface area contributed by atoms with E-state index in [0.717, 1.165) is 11.8 Å². The van der Waals surface area contributed by atoms with Crippen LogP contribution in [0.2, 0.25) is 0 Å². The first-order valence-corrected chi connectivity index (χ1v) is 6.30.